The maximum Gasteiger partial charge on any atom is 0.335 e. The molecule has 25 nitrogen and oxygen atoms in total. The largest absolute Gasteiger partial charge is 0.378 e. The quantitative estimate of drug-likeness (QED) is 0.0201. The molecule has 0 bridgehead atoms. The number of thioether (sulfide) groups is 2. The van der Waals surface area contributed by atoms with Crippen LogP contribution in [0.4, 0.5) is 9.59 Å². The Hall–Kier alpha value is -5.39. The number of nitrogens with one attached hydrogen (secondary N) is 7. The molecule has 84 heavy (non-hydrogen) atoms. The first-order valence-electron chi connectivity index (χ1n) is 29.5. The molecule has 6 rings (SSSR count). The second kappa shape index (κ2) is 35.9. The van der Waals surface area contributed by atoms with Gasteiger partial charge in [0.25, 0.3) is 27.8 Å². The highest BCUT2D eigenvalue weighted by atomic mass is 32.2. The second-order valence-corrected chi connectivity index (χ2v) is 26.0. The van der Waals surface area contributed by atoms with E-state index in [4.69, 9.17) is 18.8 Å². The van der Waals surface area contributed by atoms with Gasteiger partial charge in [0, 0.05) is 85.7 Å². The lowest BCUT2D eigenvalue weighted by Crippen LogP contribution is -2.36. The van der Waals surface area contributed by atoms with Crippen LogP contribution >= 0.6 is 23.5 Å². The topological polar surface area (TPSA) is 349 Å². The second-order valence-electron chi connectivity index (χ2n) is 21.8. The number of fused-ring (bicyclic) bond motifs is 2. The first-order chi connectivity index (χ1) is 40.4. The zero-order valence-corrected chi connectivity index (χ0v) is 50.2. The summed E-state index contributed by atoms with van der Waals surface area (Å²) in [5, 5.41) is 19.5. The Kier molecular flexibility index (Phi) is 29.0. The van der Waals surface area contributed by atoms with Crippen LogP contribution < -0.4 is 37.2 Å². The van der Waals surface area contributed by atoms with Crippen molar-refractivity contribution < 1.29 is 80.0 Å². The average Bonchev–Trinajstić information content (AvgIpc) is 3.63. The monoisotopic (exact) mass is 1240 g/mol. The average molecular weight is 1240 g/mol. The Labute approximate surface area is 499 Å². The van der Waals surface area contributed by atoms with Crippen LogP contribution in [0.2, 0.25) is 0 Å². The van der Waals surface area contributed by atoms with Gasteiger partial charge in [-0.3, -0.25) is 38.1 Å². The van der Waals surface area contributed by atoms with Crippen molar-refractivity contribution in [1.29, 1.82) is 0 Å². The maximum absolute atomic E-state index is 13.4. The summed E-state index contributed by atoms with van der Waals surface area (Å²) in [5.74, 6) is -1.96. The fourth-order valence-corrected chi connectivity index (χ4v) is 14.5. The highest BCUT2D eigenvalue weighted by Gasteiger charge is 2.48. The van der Waals surface area contributed by atoms with Crippen molar-refractivity contribution in [1.82, 2.24) is 42.3 Å². The summed E-state index contributed by atoms with van der Waals surface area (Å²) in [4.78, 5) is 128. The summed E-state index contributed by atoms with van der Waals surface area (Å²) in [6.07, 6.45) is 11.2. The van der Waals surface area contributed by atoms with E-state index in [9.17, 15) is 56.4 Å². The number of Topliss-reactive ketones (excluding diaryl/α,β-unsaturated/α-hetero) is 2. The Balaban J connectivity index is 0.817. The molecule has 5 aliphatic heterocycles. The minimum Gasteiger partial charge on any atom is -0.378 e. The summed E-state index contributed by atoms with van der Waals surface area (Å²) in [7, 11) is -4.83. The van der Waals surface area contributed by atoms with E-state index in [0.717, 1.165) is 81.3 Å². The van der Waals surface area contributed by atoms with E-state index in [-0.39, 0.29) is 142 Å². The highest BCUT2D eigenvalue weighted by molar-refractivity contribution is 8.00. The van der Waals surface area contributed by atoms with E-state index < -0.39 is 39.6 Å². The molecule has 0 spiro atoms. The van der Waals surface area contributed by atoms with Crippen molar-refractivity contribution in [2.45, 2.75) is 175 Å². The van der Waals surface area contributed by atoms with Gasteiger partial charge in [0.15, 0.2) is 5.25 Å². The molecule has 7 unspecified atom stereocenters. The minimum atomic E-state index is -4.83. The number of hydroxylamine groups is 2. The lowest BCUT2D eigenvalue weighted by molar-refractivity contribution is -0.198. The lowest BCUT2D eigenvalue weighted by atomic mass is 9.87. The van der Waals surface area contributed by atoms with Crippen LogP contribution in [0.3, 0.4) is 0 Å². The van der Waals surface area contributed by atoms with Gasteiger partial charge >= 0.3 is 18.0 Å². The van der Waals surface area contributed by atoms with Crippen LogP contribution in [0.5, 0.6) is 0 Å². The van der Waals surface area contributed by atoms with Gasteiger partial charge in [-0.1, -0.05) is 37.8 Å². The Morgan fingerprint density at radius 3 is 1.61 bits per heavy atom. The molecule has 5 fully saturated rings. The number of nitrogens with zero attached hydrogens (tertiary/aromatic N) is 1. The normalized spacial score (nSPS) is 21.9. The molecule has 9 amide bonds. The van der Waals surface area contributed by atoms with Gasteiger partial charge in [-0.25, -0.2) is 14.4 Å². The number of rotatable bonds is 43. The fraction of sp³-hybridized carbons (Fsp3) is 0.714. The molecule has 8 N–H and O–H groups in total. The number of benzene rings is 1. The molecule has 0 saturated carbocycles. The van der Waals surface area contributed by atoms with E-state index in [2.05, 4.69) is 42.1 Å². The number of amides is 9. The molecular weight excluding hydrogens is 1150 g/mol. The maximum atomic E-state index is 13.4. The molecule has 0 aliphatic carbocycles. The smallest absolute Gasteiger partial charge is 0.335 e. The van der Waals surface area contributed by atoms with Crippen molar-refractivity contribution in [3.05, 3.63) is 35.4 Å². The number of urea groups is 2. The highest BCUT2D eigenvalue weighted by Crippen LogP contribution is 2.34. The molecular formula is C56H84N8O17S3. The van der Waals surface area contributed by atoms with Gasteiger partial charge in [-0.15, -0.1) is 5.06 Å². The molecule has 5 saturated heterocycles. The molecule has 1 aromatic carbocycles. The first kappa shape index (κ1) is 67.7. The van der Waals surface area contributed by atoms with Crippen molar-refractivity contribution in [2.24, 2.45) is 5.92 Å². The Morgan fingerprint density at radius 1 is 0.595 bits per heavy atom. The number of ketones is 2. The lowest BCUT2D eigenvalue weighted by Gasteiger charge is -2.17. The molecule has 468 valence electrons. The standard InChI is InChI=1S/C56H84N8O17S3/c65-40(11-3-1-9-22-57-47(67)15-7-5-13-44-51-42(35-82-44)60-55(73)62-51)32-38(33-41(66)12-4-2-10-23-58-48(68)16-8-6-14-45-52-43(36-83-45)61-56(74)63-52)31-37-17-19-39(20-18-37)53(71)59-24-26-79-28-30-80-29-27-78-25-21-50(70)81-64-49(69)34-46(54(64)72)84(75,76)77/h17-20,38,42-46,51-52H,1-16,21-36H2,(H,57,67)(H,58,68)(H,59,71)(H2,60,62,73)(H2,61,63,74)(H,75,76,77). The summed E-state index contributed by atoms with van der Waals surface area (Å²) >= 11 is 3.74. The molecule has 7 atom stereocenters. The van der Waals surface area contributed by atoms with E-state index in [1.54, 1.807) is 12.1 Å². The van der Waals surface area contributed by atoms with Gasteiger partial charge < -0.3 is 56.3 Å². The Bertz CT molecular complexity index is 2430. The Morgan fingerprint density at radius 2 is 1.10 bits per heavy atom. The van der Waals surface area contributed by atoms with Crippen LogP contribution in [0, 0.1) is 5.92 Å². The summed E-state index contributed by atoms with van der Waals surface area (Å²) in [6.45, 7) is 2.08. The van der Waals surface area contributed by atoms with Gasteiger partial charge in [-0.2, -0.15) is 31.9 Å². The van der Waals surface area contributed by atoms with Crippen molar-refractivity contribution >= 4 is 92.8 Å². The zero-order valence-electron chi connectivity index (χ0n) is 47.7. The number of carbonyl (C=O) groups is 10. The molecule has 1 aromatic rings. The van der Waals surface area contributed by atoms with E-state index in [1.165, 1.54) is 0 Å². The SMILES string of the molecule is O=C(CCCCCNC(=O)CCCCC1SCC2NC(=O)NC21)CC(CC(=O)CCCCCNC(=O)CCCCC1SCC2NC(=O)NC21)Cc1ccc(C(=O)NCCOCCOCCOCCC(=O)ON2C(=O)CC(S(=O)(=O)O)C2=O)cc1. The zero-order chi connectivity index (χ0) is 60.3. The van der Waals surface area contributed by atoms with Crippen LogP contribution in [-0.2, 0) is 69.1 Å². The van der Waals surface area contributed by atoms with Crippen LogP contribution in [0.25, 0.3) is 0 Å². The first-order valence-corrected chi connectivity index (χ1v) is 33.1. The van der Waals surface area contributed by atoms with Gasteiger partial charge in [0.1, 0.15) is 11.6 Å². The fourth-order valence-electron chi connectivity index (χ4n) is 10.7. The molecule has 5 aliphatic rings. The van der Waals surface area contributed by atoms with Gasteiger partial charge in [0.2, 0.25) is 11.8 Å². The van der Waals surface area contributed by atoms with Crippen molar-refractivity contribution in [3.63, 3.8) is 0 Å². The van der Waals surface area contributed by atoms with Gasteiger partial charge in [-0.05, 0) is 81.4 Å². The van der Waals surface area contributed by atoms with Crippen molar-refractivity contribution in [3.8, 4) is 0 Å². The molecule has 28 heteroatoms. The summed E-state index contributed by atoms with van der Waals surface area (Å²) < 4.78 is 47.8. The number of ether oxygens (including phenoxy) is 3. The van der Waals surface area contributed by atoms with E-state index >= 15 is 0 Å². The van der Waals surface area contributed by atoms with Crippen LogP contribution in [0.1, 0.15) is 144 Å². The van der Waals surface area contributed by atoms with Crippen LogP contribution in [-0.4, -0.2) is 188 Å². The van der Waals surface area contributed by atoms with Crippen molar-refractivity contribution in [2.75, 3.05) is 70.8 Å². The number of unbranched alkanes of at least 4 members (excludes halogenated alkanes) is 6. The minimum absolute atomic E-state index is 0.0162. The van der Waals surface area contributed by atoms with Crippen LogP contribution in [0.15, 0.2) is 24.3 Å². The summed E-state index contributed by atoms with van der Waals surface area (Å²) in [6, 6.07) is 7.59. The number of hydrogen-bond donors (Lipinski definition) is 8. The summed E-state index contributed by atoms with van der Waals surface area (Å²) in [5.41, 5.74) is 1.32. The molecule has 0 aromatic heterocycles. The van der Waals surface area contributed by atoms with Gasteiger partial charge in [0.05, 0.1) is 76.7 Å². The third-order valence-electron chi connectivity index (χ3n) is 15.2. The molecule has 5 heterocycles. The van der Waals surface area contributed by atoms with E-state index in [0.29, 0.717) is 74.1 Å². The third kappa shape index (κ3) is 23.8. The number of imide groups is 1. The molecule has 0 radical (unpaired) electrons. The number of carbonyl (C=O) groups excluding carboxylic acids is 10. The third-order valence-corrected chi connectivity index (χ3v) is 19.3. The number of hydrogen-bond acceptors (Lipinski definition) is 18. The predicted molar refractivity (Wildman–Crippen MR) is 311 cm³/mol. The predicted octanol–water partition coefficient (Wildman–Crippen LogP) is 3.21. The van der Waals surface area contributed by atoms with E-state index in [1.807, 2.05) is 35.7 Å².